The fourth-order valence-corrected chi connectivity index (χ4v) is 3.40. The summed E-state index contributed by atoms with van der Waals surface area (Å²) in [6.45, 7) is 6.37. The van der Waals surface area contributed by atoms with Crippen molar-refractivity contribution in [3.8, 4) is 0 Å². The zero-order valence-electron chi connectivity index (χ0n) is 17.3. The standard InChI is InChI=1S/C22H26N4O4/c1-16-3-6-18(7-4-16)13-22(28)25-11-9-24(10-12-25)15-21(27)23-20-14-19(26(29)30)8-5-17(20)2/h3-8,14H,9-13,15H2,1-2H3,(H,23,27). The van der Waals surface area contributed by atoms with Gasteiger partial charge in [-0.1, -0.05) is 35.9 Å². The van der Waals surface area contributed by atoms with E-state index in [9.17, 15) is 19.7 Å². The van der Waals surface area contributed by atoms with Gasteiger partial charge in [0.2, 0.25) is 11.8 Å². The van der Waals surface area contributed by atoms with Crippen molar-refractivity contribution in [3.05, 3.63) is 69.3 Å². The van der Waals surface area contributed by atoms with Gasteiger partial charge in [0.05, 0.1) is 23.6 Å². The second-order valence-electron chi connectivity index (χ2n) is 7.62. The highest BCUT2D eigenvalue weighted by Crippen LogP contribution is 2.21. The molecule has 1 saturated heterocycles. The van der Waals surface area contributed by atoms with Gasteiger partial charge >= 0.3 is 0 Å². The Morgan fingerprint density at radius 3 is 2.33 bits per heavy atom. The first-order valence-corrected chi connectivity index (χ1v) is 9.92. The number of hydrogen-bond donors (Lipinski definition) is 1. The molecule has 1 fully saturated rings. The third-order valence-electron chi connectivity index (χ3n) is 5.27. The van der Waals surface area contributed by atoms with E-state index in [-0.39, 0.29) is 24.0 Å². The van der Waals surface area contributed by atoms with Gasteiger partial charge in [-0.15, -0.1) is 0 Å². The van der Waals surface area contributed by atoms with Crippen LogP contribution in [0.1, 0.15) is 16.7 Å². The minimum absolute atomic E-state index is 0.0587. The van der Waals surface area contributed by atoms with Gasteiger partial charge in [0.15, 0.2) is 0 Å². The maximum atomic E-state index is 12.5. The number of amides is 2. The number of carbonyl (C=O) groups excluding carboxylic acids is 2. The smallest absolute Gasteiger partial charge is 0.271 e. The maximum absolute atomic E-state index is 12.5. The van der Waals surface area contributed by atoms with Crippen LogP contribution in [0.2, 0.25) is 0 Å². The number of nitrogens with zero attached hydrogens (tertiary/aromatic N) is 3. The van der Waals surface area contributed by atoms with E-state index < -0.39 is 4.92 Å². The first-order chi connectivity index (χ1) is 14.3. The number of piperazine rings is 1. The molecule has 0 saturated carbocycles. The van der Waals surface area contributed by atoms with Crippen LogP contribution in [0.25, 0.3) is 0 Å². The van der Waals surface area contributed by atoms with E-state index >= 15 is 0 Å². The summed E-state index contributed by atoms with van der Waals surface area (Å²) in [5, 5.41) is 13.7. The molecule has 0 atom stereocenters. The van der Waals surface area contributed by atoms with E-state index in [1.54, 1.807) is 13.0 Å². The number of hydrogen-bond acceptors (Lipinski definition) is 5. The topological polar surface area (TPSA) is 95.8 Å². The molecule has 8 nitrogen and oxygen atoms in total. The largest absolute Gasteiger partial charge is 0.340 e. The van der Waals surface area contributed by atoms with Gasteiger partial charge in [-0.2, -0.15) is 0 Å². The number of aryl methyl sites for hydroxylation is 2. The van der Waals surface area contributed by atoms with Crippen LogP contribution in [0.5, 0.6) is 0 Å². The monoisotopic (exact) mass is 410 g/mol. The number of carbonyl (C=O) groups is 2. The van der Waals surface area contributed by atoms with E-state index in [1.807, 2.05) is 41.0 Å². The van der Waals surface area contributed by atoms with Crippen LogP contribution in [0.15, 0.2) is 42.5 Å². The first-order valence-electron chi connectivity index (χ1n) is 9.92. The molecule has 0 bridgehead atoms. The lowest BCUT2D eigenvalue weighted by Crippen LogP contribution is -2.50. The van der Waals surface area contributed by atoms with Gasteiger partial charge in [-0.05, 0) is 25.0 Å². The average Bonchev–Trinajstić information content (AvgIpc) is 2.71. The molecule has 2 aromatic carbocycles. The minimum atomic E-state index is -0.484. The Morgan fingerprint density at radius 2 is 1.70 bits per heavy atom. The molecular weight excluding hydrogens is 384 g/mol. The third-order valence-corrected chi connectivity index (χ3v) is 5.27. The van der Waals surface area contributed by atoms with Crippen molar-refractivity contribution >= 4 is 23.2 Å². The number of benzene rings is 2. The highest BCUT2D eigenvalue weighted by Gasteiger charge is 2.23. The van der Waals surface area contributed by atoms with Crippen LogP contribution >= 0.6 is 0 Å². The zero-order chi connectivity index (χ0) is 21.7. The van der Waals surface area contributed by atoms with Gasteiger partial charge in [0.1, 0.15) is 0 Å². The molecule has 0 radical (unpaired) electrons. The van der Waals surface area contributed by atoms with E-state index in [0.29, 0.717) is 38.3 Å². The van der Waals surface area contributed by atoms with Crippen molar-refractivity contribution in [1.29, 1.82) is 0 Å². The summed E-state index contributed by atoms with van der Waals surface area (Å²) < 4.78 is 0. The number of anilines is 1. The van der Waals surface area contributed by atoms with Crippen molar-refractivity contribution in [1.82, 2.24) is 9.80 Å². The van der Waals surface area contributed by atoms with Gasteiger partial charge < -0.3 is 10.2 Å². The molecule has 2 amide bonds. The van der Waals surface area contributed by atoms with E-state index in [4.69, 9.17) is 0 Å². The lowest BCUT2D eigenvalue weighted by Gasteiger charge is -2.34. The van der Waals surface area contributed by atoms with Crippen LogP contribution in [0.4, 0.5) is 11.4 Å². The molecule has 1 heterocycles. The van der Waals surface area contributed by atoms with Crippen molar-refractivity contribution in [2.24, 2.45) is 0 Å². The molecule has 0 unspecified atom stereocenters. The van der Waals surface area contributed by atoms with Crippen molar-refractivity contribution in [2.75, 3.05) is 38.0 Å². The van der Waals surface area contributed by atoms with Gasteiger partial charge in [0.25, 0.3) is 5.69 Å². The molecule has 1 N–H and O–H groups in total. The average molecular weight is 410 g/mol. The molecule has 30 heavy (non-hydrogen) atoms. The number of rotatable bonds is 6. The van der Waals surface area contributed by atoms with E-state index in [1.165, 1.54) is 17.7 Å². The Labute approximate surface area is 175 Å². The number of nitro groups is 1. The molecule has 0 aromatic heterocycles. The lowest BCUT2D eigenvalue weighted by molar-refractivity contribution is -0.384. The molecule has 3 rings (SSSR count). The summed E-state index contributed by atoms with van der Waals surface area (Å²) in [5.41, 5.74) is 3.32. The van der Waals surface area contributed by atoms with Gasteiger partial charge in [-0.3, -0.25) is 24.6 Å². The minimum Gasteiger partial charge on any atom is -0.340 e. The highest BCUT2D eigenvalue weighted by atomic mass is 16.6. The van der Waals surface area contributed by atoms with Crippen LogP contribution in [-0.2, 0) is 16.0 Å². The second kappa shape index (κ2) is 9.49. The Balaban J connectivity index is 1.48. The first kappa shape index (κ1) is 21.4. The van der Waals surface area contributed by atoms with Crippen molar-refractivity contribution in [2.45, 2.75) is 20.3 Å². The molecule has 0 spiro atoms. The van der Waals surface area contributed by atoms with Gasteiger partial charge in [-0.25, -0.2) is 0 Å². The van der Waals surface area contributed by atoms with Gasteiger partial charge in [0, 0.05) is 38.3 Å². The van der Waals surface area contributed by atoms with Crippen LogP contribution in [-0.4, -0.2) is 59.3 Å². The summed E-state index contributed by atoms with van der Waals surface area (Å²) >= 11 is 0. The third kappa shape index (κ3) is 5.64. The number of nitro benzene ring substituents is 1. The lowest BCUT2D eigenvalue weighted by atomic mass is 10.1. The fourth-order valence-electron chi connectivity index (χ4n) is 3.40. The fraction of sp³-hybridized carbons (Fsp3) is 0.364. The summed E-state index contributed by atoms with van der Waals surface area (Å²) in [6, 6.07) is 12.4. The quantitative estimate of drug-likeness (QED) is 0.583. The molecule has 0 aliphatic carbocycles. The number of non-ortho nitro benzene ring substituents is 1. The molecule has 1 aliphatic rings. The van der Waals surface area contributed by atoms with Crippen LogP contribution < -0.4 is 5.32 Å². The summed E-state index contributed by atoms with van der Waals surface area (Å²) in [5.74, 6) is -0.131. The normalized spacial score (nSPS) is 14.4. The predicted molar refractivity (Wildman–Crippen MR) is 114 cm³/mol. The molecule has 158 valence electrons. The summed E-state index contributed by atoms with van der Waals surface area (Å²) in [4.78, 5) is 39.2. The Kier molecular flexibility index (Phi) is 6.79. The van der Waals surface area contributed by atoms with E-state index in [2.05, 4.69) is 5.32 Å². The van der Waals surface area contributed by atoms with Crippen LogP contribution in [0, 0.1) is 24.0 Å². The van der Waals surface area contributed by atoms with Crippen molar-refractivity contribution < 1.29 is 14.5 Å². The zero-order valence-corrected chi connectivity index (χ0v) is 17.3. The molecule has 1 aliphatic heterocycles. The molecular formula is C22H26N4O4. The summed E-state index contributed by atoms with van der Waals surface area (Å²) in [6.07, 6.45) is 0.382. The Bertz CT molecular complexity index is 935. The highest BCUT2D eigenvalue weighted by molar-refractivity contribution is 5.93. The number of nitrogens with one attached hydrogen (secondary N) is 1. The SMILES string of the molecule is Cc1ccc(CC(=O)N2CCN(CC(=O)Nc3cc([N+](=O)[O-])ccc3C)CC2)cc1. The maximum Gasteiger partial charge on any atom is 0.271 e. The predicted octanol–water partition coefficient (Wildman–Crippen LogP) is 2.54. The van der Waals surface area contributed by atoms with E-state index in [0.717, 1.165) is 11.1 Å². The van der Waals surface area contributed by atoms with Crippen LogP contribution in [0.3, 0.4) is 0 Å². The molecule has 8 heteroatoms. The Morgan fingerprint density at radius 1 is 1.03 bits per heavy atom. The van der Waals surface area contributed by atoms with Crippen molar-refractivity contribution in [3.63, 3.8) is 0 Å². The second-order valence-corrected chi connectivity index (χ2v) is 7.62. The molecule has 2 aromatic rings. The Hall–Kier alpha value is -3.26. The summed E-state index contributed by atoms with van der Waals surface area (Å²) in [7, 11) is 0.